The van der Waals surface area contributed by atoms with Crippen molar-refractivity contribution in [1.82, 2.24) is 0 Å². The van der Waals surface area contributed by atoms with Crippen molar-refractivity contribution >= 4 is 0 Å². The minimum Gasteiger partial charge on any atom is -0.481 e. The first-order chi connectivity index (χ1) is 3.95. The van der Waals surface area contributed by atoms with E-state index in [1.54, 1.807) is 0 Å². The molecule has 0 atom stereocenters. The fourth-order valence-electron chi connectivity index (χ4n) is 0.177. The number of aliphatic hydroxyl groups is 1. The van der Waals surface area contributed by atoms with Gasteiger partial charge < -0.3 is 9.84 Å². The van der Waals surface area contributed by atoms with Gasteiger partial charge in [0.25, 0.3) is 5.95 Å². The van der Waals surface area contributed by atoms with Gasteiger partial charge in [-0.15, -0.1) is 13.2 Å². The molecular formula is C4H5F3O2. The van der Waals surface area contributed by atoms with E-state index in [9.17, 15) is 13.2 Å². The van der Waals surface area contributed by atoms with Crippen molar-refractivity contribution in [1.29, 1.82) is 0 Å². The zero-order valence-corrected chi connectivity index (χ0v) is 4.57. The highest BCUT2D eigenvalue weighted by Crippen LogP contribution is 2.18. The Balaban J connectivity index is 3.75. The summed E-state index contributed by atoms with van der Waals surface area (Å²) in [7, 11) is 0. The van der Waals surface area contributed by atoms with Crippen molar-refractivity contribution in [3.05, 3.63) is 12.0 Å². The molecule has 0 aromatic rings. The third-order valence-corrected chi connectivity index (χ3v) is 0.467. The molecule has 0 aliphatic heterocycles. The van der Waals surface area contributed by atoms with Crippen molar-refractivity contribution in [2.45, 2.75) is 13.3 Å². The van der Waals surface area contributed by atoms with E-state index in [4.69, 9.17) is 5.11 Å². The molecule has 1 N–H and O–H groups in total. The van der Waals surface area contributed by atoms with Gasteiger partial charge >= 0.3 is 6.36 Å². The molecule has 0 rings (SSSR count). The van der Waals surface area contributed by atoms with Gasteiger partial charge in [0.2, 0.25) is 0 Å². The van der Waals surface area contributed by atoms with E-state index in [1.807, 2.05) is 0 Å². The summed E-state index contributed by atoms with van der Waals surface area (Å²) in [6, 6.07) is 0. The highest BCUT2D eigenvalue weighted by atomic mass is 19.4. The Labute approximate surface area is 49.5 Å². The molecule has 0 aliphatic rings. The molecule has 0 spiro atoms. The minimum atomic E-state index is -4.80. The summed E-state index contributed by atoms with van der Waals surface area (Å²) in [4.78, 5) is 0. The predicted molar refractivity (Wildman–Crippen MR) is 23.5 cm³/mol. The van der Waals surface area contributed by atoms with Gasteiger partial charge in [0, 0.05) is 0 Å². The number of hydrogen-bond acceptors (Lipinski definition) is 2. The van der Waals surface area contributed by atoms with E-state index < -0.39 is 12.3 Å². The Kier molecular flexibility index (Phi) is 2.36. The third-order valence-electron chi connectivity index (χ3n) is 0.467. The number of halogens is 3. The van der Waals surface area contributed by atoms with Gasteiger partial charge in [-0.1, -0.05) is 0 Å². The van der Waals surface area contributed by atoms with E-state index >= 15 is 0 Å². The number of allylic oxidation sites excluding steroid dienone is 1. The Morgan fingerprint density at radius 2 is 2.00 bits per heavy atom. The molecule has 9 heavy (non-hydrogen) atoms. The lowest BCUT2D eigenvalue weighted by Crippen LogP contribution is -2.12. The largest absolute Gasteiger partial charge is 0.575 e. The highest BCUT2D eigenvalue weighted by molar-refractivity contribution is 4.75. The van der Waals surface area contributed by atoms with E-state index in [2.05, 4.69) is 4.74 Å². The summed E-state index contributed by atoms with van der Waals surface area (Å²) in [5.41, 5.74) is 0. The average molecular weight is 142 g/mol. The van der Waals surface area contributed by atoms with Crippen LogP contribution in [0.2, 0.25) is 0 Å². The zero-order valence-electron chi connectivity index (χ0n) is 4.57. The van der Waals surface area contributed by atoms with Crippen molar-refractivity contribution in [2.24, 2.45) is 0 Å². The maximum Gasteiger partial charge on any atom is 0.575 e. The molecule has 0 aromatic carbocycles. The van der Waals surface area contributed by atoms with Crippen LogP contribution >= 0.6 is 0 Å². The molecule has 0 bridgehead atoms. The Bertz CT molecular complexity index is 115. The van der Waals surface area contributed by atoms with Crippen molar-refractivity contribution in [3.63, 3.8) is 0 Å². The van der Waals surface area contributed by atoms with Gasteiger partial charge in [-0.05, 0) is 13.0 Å². The second-order valence-corrected chi connectivity index (χ2v) is 1.17. The molecule has 0 radical (unpaired) electrons. The smallest absolute Gasteiger partial charge is 0.481 e. The maximum atomic E-state index is 11.1. The Morgan fingerprint density at radius 3 is 2.11 bits per heavy atom. The number of hydrogen-bond donors (Lipinski definition) is 1. The van der Waals surface area contributed by atoms with Crippen LogP contribution in [-0.4, -0.2) is 11.5 Å². The molecule has 2 nitrogen and oxygen atoms in total. The van der Waals surface area contributed by atoms with Crippen LogP contribution in [0, 0.1) is 0 Å². The molecule has 0 fully saturated rings. The quantitative estimate of drug-likeness (QED) is 0.567. The third kappa shape index (κ3) is 4.99. The normalized spacial score (nSPS) is 13.6. The van der Waals surface area contributed by atoms with Crippen molar-refractivity contribution in [2.75, 3.05) is 0 Å². The van der Waals surface area contributed by atoms with E-state index in [0.717, 1.165) is 6.08 Å². The van der Waals surface area contributed by atoms with Crippen LogP contribution < -0.4 is 0 Å². The summed E-state index contributed by atoms with van der Waals surface area (Å²) in [6.07, 6.45) is -4.00. The van der Waals surface area contributed by atoms with E-state index in [-0.39, 0.29) is 0 Å². The van der Waals surface area contributed by atoms with Crippen LogP contribution in [0.5, 0.6) is 0 Å². The molecule has 0 saturated carbocycles. The topological polar surface area (TPSA) is 29.5 Å². The standard InChI is InChI=1S/C4H5F3O2/c1-2-3(8)9-4(5,6)7/h2,8H,1H3/b3-2+. The van der Waals surface area contributed by atoms with Gasteiger partial charge in [-0.3, -0.25) is 0 Å². The fourth-order valence-corrected chi connectivity index (χ4v) is 0.177. The minimum absolute atomic E-state index is 0.799. The molecule has 54 valence electrons. The van der Waals surface area contributed by atoms with Gasteiger partial charge in [0.1, 0.15) is 0 Å². The van der Waals surface area contributed by atoms with Crippen molar-refractivity contribution < 1.29 is 23.0 Å². The van der Waals surface area contributed by atoms with Crippen molar-refractivity contribution in [3.8, 4) is 0 Å². The molecule has 0 saturated heterocycles. The van der Waals surface area contributed by atoms with Gasteiger partial charge in [0.15, 0.2) is 0 Å². The number of rotatable bonds is 1. The summed E-state index contributed by atoms with van der Waals surface area (Å²) in [5.74, 6) is -1.14. The summed E-state index contributed by atoms with van der Waals surface area (Å²) < 4.78 is 36.2. The zero-order chi connectivity index (χ0) is 7.49. The fraction of sp³-hybridized carbons (Fsp3) is 0.500. The van der Waals surface area contributed by atoms with E-state index in [1.165, 1.54) is 6.92 Å². The molecule has 5 heteroatoms. The van der Waals surface area contributed by atoms with Gasteiger partial charge in [0.05, 0.1) is 0 Å². The SMILES string of the molecule is C/C=C(\O)OC(F)(F)F. The number of alkyl halides is 3. The Morgan fingerprint density at radius 1 is 1.56 bits per heavy atom. The van der Waals surface area contributed by atoms with Crippen LogP contribution in [0.3, 0.4) is 0 Å². The molecule has 0 heterocycles. The Hall–Kier alpha value is -0.870. The van der Waals surface area contributed by atoms with E-state index in [0.29, 0.717) is 0 Å². The molecule has 0 amide bonds. The maximum absolute atomic E-state index is 11.1. The lowest BCUT2D eigenvalue weighted by molar-refractivity contribution is -0.319. The summed E-state index contributed by atoms with van der Waals surface area (Å²) in [6.45, 7) is 1.22. The lowest BCUT2D eigenvalue weighted by atomic mass is 10.7. The second kappa shape index (κ2) is 2.61. The van der Waals surface area contributed by atoms with Crippen LogP contribution in [0.15, 0.2) is 12.0 Å². The molecular weight excluding hydrogens is 137 g/mol. The summed E-state index contributed by atoms with van der Waals surface area (Å²) >= 11 is 0. The van der Waals surface area contributed by atoms with Gasteiger partial charge in [-0.2, -0.15) is 0 Å². The average Bonchev–Trinajstić information content (AvgIpc) is 1.62. The number of ether oxygens (including phenoxy) is 1. The summed E-state index contributed by atoms with van der Waals surface area (Å²) in [5, 5.41) is 8.11. The van der Waals surface area contributed by atoms with Crippen LogP contribution in [-0.2, 0) is 4.74 Å². The molecule has 0 aliphatic carbocycles. The molecule has 0 unspecified atom stereocenters. The first-order valence-electron chi connectivity index (χ1n) is 2.06. The first kappa shape index (κ1) is 8.13. The second-order valence-electron chi connectivity index (χ2n) is 1.17. The molecule has 0 aromatic heterocycles. The van der Waals surface area contributed by atoms with Crippen LogP contribution in [0.25, 0.3) is 0 Å². The predicted octanol–water partition coefficient (Wildman–Crippen LogP) is 1.94. The van der Waals surface area contributed by atoms with Crippen LogP contribution in [0.4, 0.5) is 13.2 Å². The van der Waals surface area contributed by atoms with Gasteiger partial charge in [-0.25, -0.2) is 0 Å². The monoisotopic (exact) mass is 142 g/mol. The lowest BCUT2D eigenvalue weighted by Gasteiger charge is -2.05. The highest BCUT2D eigenvalue weighted by Gasteiger charge is 2.31. The first-order valence-corrected chi connectivity index (χ1v) is 2.06. The van der Waals surface area contributed by atoms with Crippen LogP contribution in [0.1, 0.15) is 6.92 Å². The number of aliphatic hydroxyl groups excluding tert-OH is 1.